The van der Waals surface area contributed by atoms with Crippen LogP contribution in [0.4, 0.5) is 0 Å². The van der Waals surface area contributed by atoms with Crippen molar-refractivity contribution in [2.75, 3.05) is 13.1 Å². The van der Waals surface area contributed by atoms with Crippen LogP contribution in [0, 0.1) is 6.92 Å². The van der Waals surface area contributed by atoms with Crippen LogP contribution in [0.1, 0.15) is 74.5 Å². The number of ether oxygens (including phenoxy) is 1. The summed E-state index contributed by atoms with van der Waals surface area (Å²) in [5.74, 6) is 3.15. The Hall–Kier alpha value is -1.80. The number of nitrogens with zero attached hydrogens (tertiary/aromatic N) is 5. The molecular formula is C17H25N5O3. The fourth-order valence-electron chi connectivity index (χ4n) is 3.80. The molecule has 1 aliphatic heterocycles. The SMILES string of the molecule is Cc1noc([C@H]2CN(Cc3noc(C4CCCCC4)n3)C[C@@H](C)O2)n1. The molecule has 1 saturated heterocycles. The van der Waals surface area contributed by atoms with Crippen molar-refractivity contribution in [2.24, 2.45) is 0 Å². The molecule has 1 aliphatic carbocycles. The van der Waals surface area contributed by atoms with Gasteiger partial charge in [-0.05, 0) is 26.7 Å². The van der Waals surface area contributed by atoms with E-state index in [1.54, 1.807) is 0 Å². The van der Waals surface area contributed by atoms with E-state index in [1.807, 2.05) is 13.8 Å². The molecule has 1 saturated carbocycles. The van der Waals surface area contributed by atoms with Gasteiger partial charge in [0.15, 0.2) is 11.6 Å². The average molecular weight is 347 g/mol. The van der Waals surface area contributed by atoms with Gasteiger partial charge in [-0.25, -0.2) is 0 Å². The van der Waals surface area contributed by atoms with E-state index in [2.05, 4.69) is 25.2 Å². The van der Waals surface area contributed by atoms with E-state index < -0.39 is 0 Å². The molecule has 3 heterocycles. The average Bonchev–Trinajstić information content (AvgIpc) is 3.24. The summed E-state index contributed by atoms with van der Waals surface area (Å²) in [5.41, 5.74) is 0. The van der Waals surface area contributed by atoms with Gasteiger partial charge < -0.3 is 13.8 Å². The minimum absolute atomic E-state index is 0.0793. The second-order valence-corrected chi connectivity index (χ2v) is 7.19. The summed E-state index contributed by atoms with van der Waals surface area (Å²) in [4.78, 5) is 11.2. The Kier molecular flexibility index (Phi) is 4.80. The van der Waals surface area contributed by atoms with Crippen molar-refractivity contribution < 1.29 is 13.8 Å². The number of morpholine rings is 1. The van der Waals surface area contributed by atoms with Crippen LogP contribution in [0.2, 0.25) is 0 Å². The van der Waals surface area contributed by atoms with Gasteiger partial charge in [-0.15, -0.1) is 0 Å². The molecule has 0 unspecified atom stereocenters. The van der Waals surface area contributed by atoms with Crippen molar-refractivity contribution in [1.82, 2.24) is 25.2 Å². The van der Waals surface area contributed by atoms with Crippen molar-refractivity contribution in [3.8, 4) is 0 Å². The number of hydrogen-bond donors (Lipinski definition) is 0. The number of rotatable bonds is 4. The van der Waals surface area contributed by atoms with Gasteiger partial charge in [0.1, 0.15) is 6.10 Å². The predicted octanol–water partition coefficient (Wildman–Crippen LogP) is 2.77. The summed E-state index contributed by atoms with van der Waals surface area (Å²) < 4.78 is 16.8. The summed E-state index contributed by atoms with van der Waals surface area (Å²) >= 11 is 0. The first kappa shape index (κ1) is 16.7. The fourth-order valence-corrected chi connectivity index (χ4v) is 3.80. The largest absolute Gasteiger partial charge is 0.363 e. The molecule has 2 aromatic heterocycles. The van der Waals surface area contributed by atoms with E-state index in [-0.39, 0.29) is 12.2 Å². The van der Waals surface area contributed by atoms with Crippen molar-refractivity contribution in [2.45, 2.75) is 70.6 Å². The molecule has 0 N–H and O–H groups in total. The molecule has 136 valence electrons. The van der Waals surface area contributed by atoms with Gasteiger partial charge in [0.05, 0.1) is 12.6 Å². The maximum absolute atomic E-state index is 5.95. The maximum Gasteiger partial charge on any atom is 0.257 e. The third kappa shape index (κ3) is 3.90. The van der Waals surface area contributed by atoms with Crippen LogP contribution in [-0.2, 0) is 11.3 Å². The molecule has 0 spiro atoms. The van der Waals surface area contributed by atoms with E-state index in [0.29, 0.717) is 30.7 Å². The van der Waals surface area contributed by atoms with Crippen LogP contribution in [0.5, 0.6) is 0 Å². The lowest BCUT2D eigenvalue weighted by atomic mass is 9.89. The number of aryl methyl sites for hydroxylation is 1. The van der Waals surface area contributed by atoms with Gasteiger partial charge in [-0.2, -0.15) is 9.97 Å². The molecule has 2 aliphatic rings. The second kappa shape index (κ2) is 7.21. The Bertz CT molecular complexity index is 694. The van der Waals surface area contributed by atoms with Crippen LogP contribution in [-0.4, -0.2) is 44.4 Å². The molecule has 2 aromatic rings. The van der Waals surface area contributed by atoms with E-state index >= 15 is 0 Å². The zero-order valence-electron chi connectivity index (χ0n) is 14.8. The van der Waals surface area contributed by atoms with Gasteiger partial charge in [0.25, 0.3) is 5.89 Å². The van der Waals surface area contributed by atoms with Crippen molar-refractivity contribution in [3.63, 3.8) is 0 Å². The first-order chi connectivity index (χ1) is 12.2. The quantitative estimate of drug-likeness (QED) is 0.834. The topological polar surface area (TPSA) is 90.3 Å². The van der Waals surface area contributed by atoms with Crippen molar-refractivity contribution >= 4 is 0 Å². The molecular weight excluding hydrogens is 322 g/mol. The van der Waals surface area contributed by atoms with E-state index in [9.17, 15) is 0 Å². The summed E-state index contributed by atoms with van der Waals surface area (Å²) in [6.45, 7) is 6.00. The van der Waals surface area contributed by atoms with Gasteiger partial charge in [0, 0.05) is 19.0 Å². The maximum atomic E-state index is 5.95. The molecule has 0 bridgehead atoms. The van der Waals surface area contributed by atoms with E-state index in [1.165, 1.54) is 19.3 Å². The molecule has 2 atom stereocenters. The van der Waals surface area contributed by atoms with Crippen LogP contribution in [0.15, 0.2) is 9.05 Å². The number of aromatic nitrogens is 4. The van der Waals surface area contributed by atoms with Gasteiger partial charge in [-0.3, -0.25) is 4.90 Å². The van der Waals surface area contributed by atoms with Crippen molar-refractivity contribution in [3.05, 3.63) is 23.4 Å². The third-order valence-electron chi connectivity index (χ3n) is 4.96. The van der Waals surface area contributed by atoms with Crippen LogP contribution >= 0.6 is 0 Å². The van der Waals surface area contributed by atoms with Gasteiger partial charge in [-0.1, -0.05) is 29.6 Å². The van der Waals surface area contributed by atoms with Crippen LogP contribution < -0.4 is 0 Å². The second-order valence-electron chi connectivity index (χ2n) is 7.19. The molecule has 0 amide bonds. The highest BCUT2D eigenvalue weighted by molar-refractivity contribution is 4.97. The molecule has 25 heavy (non-hydrogen) atoms. The molecule has 2 fully saturated rings. The zero-order valence-corrected chi connectivity index (χ0v) is 14.8. The Labute approximate surface area is 146 Å². The molecule has 0 aromatic carbocycles. The van der Waals surface area contributed by atoms with Crippen LogP contribution in [0.25, 0.3) is 0 Å². The Morgan fingerprint density at radius 3 is 2.56 bits per heavy atom. The van der Waals surface area contributed by atoms with Gasteiger partial charge >= 0.3 is 0 Å². The third-order valence-corrected chi connectivity index (χ3v) is 4.96. The summed E-state index contributed by atoms with van der Waals surface area (Å²) in [5, 5.41) is 8.05. The van der Waals surface area contributed by atoms with Gasteiger partial charge in [0.2, 0.25) is 5.89 Å². The number of hydrogen-bond acceptors (Lipinski definition) is 8. The monoisotopic (exact) mass is 347 g/mol. The molecule has 4 rings (SSSR count). The lowest BCUT2D eigenvalue weighted by Crippen LogP contribution is -2.42. The summed E-state index contributed by atoms with van der Waals surface area (Å²) in [6.07, 6.45) is 6.03. The van der Waals surface area contributed by atoms with Crippen LogP contribution in [0.3, 0.4) is 0 Å². The highest BCUT2D eigenvalue weighted by atomic mass is 16.5. The lowest BCUT2D eigenvalue weighted by Gasteiger charge is -2.34. The molecule has 0 radical (unpaired) electrons. The fraction of sp³-hybridized carbons (Fsp3) is 0.765. The standard InChI is InChI=1S/C17H25N5O3/c1-11-8-22(9-14(23-11)17-18-12(2)20-25-17)10-15-19-16(24-21-15)13-6-4-3-5-7-13/h11,13-14H,3-10H2,1-2H3/t11-,14-/m1/s1. The molecule has 8 heteroatoms. The minimum Gasteiger partial charge on any atom is -0.363 e. The Morgan fingerprint density at radius 2 is 1.80 bits per heavy atom. The summed E-state index contributed by atoms with van der Waals surface area (Å²) in [6, 6.07) is 0. The Morgan fingerprint density at radius 1 is 1.00 bits per heavy atom. The first-order valence-corrected chi connectivity index (χ1v) is 9.18. The normalized spacial score (nSPS) is 26.2. The van der Waals surface area contributed by atoms with E-state index in [4.69, 9.17) is 13.8 Å². The van der Waals surface area contributed by atoms with Crippen molar-refractivity contribution in [1.29, 1.82) is 0 Å². The smallest absolute Gasteiger partial charge is 0.257 e. The first-order valence-electron chi connectivity index (χ1n) is 9.18. The zero-order chi connectivity index (χ0) is 17.2. The Balaban J connectivity index is 1.40. The lowest BCUT2D eigenvalue weighted by molar-refractivity contribution is -0.0936. The summed E-state index contributed by atoms with van der Waals surface area (Å²) in [7, 11) is 0. The highest BCUT2D eigenvalue weighted by Gasteiger charge is 2.31. The minimum atomic E-state index is -0.213. The highest BCUT2D eigenvalue weighted by Crippen LogP contribution is 2.31. The predicted molar refractivity (Wildman–Crippen MR) is 87.7 cm³/mol. The van der Waals surface area contributed by atoms with E-state index in [0.717, 1.165) is 31.1 Å². The molecule has 8 nitrogen and oxygen atoms in total.